The molecular weight excluding hydrogens is 404 g/mol. The molecule has 1 aromatic carbocycles. The molecule has 0 saturated heterocycles. The lowest BCUT2D eigenvalue weighted by Crippen LogP contribution is -2.40. The normalized spacial score (nSPS) is 13.5. The largest absolute Gasteiger partial charge is 0.493 e. The number of hydrogen-bond donors (Lipinski definition) is 1. The summed E-state index contributed by atoms with van der Waals surface area (Å²) in [7, 11) is 1.53. The topological polar surface area (TPSA) is 101 Å². The van der Waals surface area contributed by atoms with E-state index in [4.69, 9.17) is 23.7 Å². The van der Waals surface area contributed by atoms with E-state index in [0.717, 1.165) is 0 Å². The lowest BCUT2D eigenvalue weighted by molar-refractivity contribution is -0.181. The zero-order valence-corrected chi connectivity index (χ0v) is 19.6. The summed E-state index contributed by atoms with van der Waals surface area (Å²) in [6.45, 7) is 12.3. The number of carboxylic acids is 1. The van der Waals surface area contributed by atoms with Crippen molar-refractivity contribution < 1.29 is 38.4 Å². The van der Waals surface area contributed by atoms with Gasteiger partial charge < -0.3 is 28.8 Å². The first kappa shape index (κ1) is 26.7. The predicted octanol–water partition coefficient (Wildman–Crippen LogP) is 3.87. The van der Waals surface area contributed by atoms with E-state index in [2.05, 4.69) is 0 Å². The molecule has 1 aromatic rings. The smallest absolute Gasteiger partial charge is 0.321 e. The Bertz CT molecular complexity index is 704. The van der Waals surface area contributed by atoms with Crippen LogP contribution in [0.1, 0.15) is 53.0 Å². The zero-order valence-electron chi connectivity index (χ0n) is 19.6. The summed E-state index contributed by atoms with van der Waals surface area (Å²) in [5.74, 6) is -3.71. The Morgan fingerprint density at radius 2 is 1.61 bits per heavy atom. The van der Waals surface area contributed by atoms with Gasteiger partial charge in [0.2, 0.25) is 0 Å². The Morgan fingerprint density at radius 3 is 2.06 bits per heavy atom. The Labute approximate surface area is 184 Å². The van der Waals surface area contributed by atoms with Crippen LogP contribution in [0.2, 0.25) is 0 Å². The van der Waals surface area contributed by atoms with Crippen LogP contribution in [0.5, 0.6) is 11.5 Å². The highest BCUT2D eigenvalue weighted by molar-refractivity contribution is 5.95. The lowest BCUT2D eigenvalue weighted by atomic mass is 9.84. The predicted molar refractivity (Wildman–Crippen MR) is 115 cm³/mol. The maximum Gasteiger partial charge on any atom is 0.321 e. The van der Waals surface area contributed by atoms with E-state index in [1.165, 1.54) is 7.11 Å². The summed E-state index contributed by atoms with van der Waals surface area (Å²) >= 11 is 0. The monoisotopic (exact) mass is 440 g/mol. The molecule has 8 heteroatoms. The number of carboxylic acid groups (broad SMARTS) is 1. The van der Waals surface area contributed by atoms with Crippen molar-refractivity contribution in [1.29, 1.82) is 0 Å². The molecule has 0 fully saturated rings. The van der Waals surface area contributed by atoms with Crippen molar-refractivity contribution in [3.8, 4) is 11.5 Å². The highest BCUT2D eigenvalue weighted by Gasteiger charge is 2.43. The van der Waals surface area contributed by atoms with Gasteiger partial charge in [-0.15, -0.1) is 0 Å². The van der Waals surface area contributed by atoms with Crippen LogP contribution in [-0.2, 0) is 23.8 Å². The summed E-state index contributed by atoms with van der Waals surface area (Å²) in [6.07, 6.45) is -0.968. The van der Waals surface area contributed by atoms with E-state index in [1.807, 2.05) is 20.8 Å². The molecule has 1 rings (SSSR count). The van der Waals surface area contributed by atoms with Crippen LogP contribution < -0.4 is 9.47 Å². The third-order valence-electron chi connectivity index (χ3n) is 4.35. The fourth-order valence-electron chi connectivity index (χ4n) is 3.03. The Morgan fingerprint density at radius 1 is 1.00 bits per heavy atom. The van der Waals surface area contributed by atoms with E-state index in [9.17, 15) is 14.7 Å². The van der Waals surface area contributed by atoms with E-state index >= 15 is 0 Å². The van der Waals surface area contributed by atoms with Crippen molar-refractivity contribution in [3.63, 3.8) is 0 Å². The maximum absolute atomic E-state index is 12.6. The number of hydrogen-bond acceptors (Lipinski definition) is 7. The molecular formula is C23H36O8. The first-order valence-corrected chi connectivity index (χ1v) is 10.5. The summed E-state index contributed by atoms with van der Waals surface area (Å²) < 4.78 is 27.8. The summed E-state index contributed by atoms with van der Waals surface area (Å²) in [5.41, 5.74) is 0.408. The second-order valence-electron chi connectivity index (χ2n) is 8.13. The third kappa shape index (κ3) is 8.03. The number of benzene rings is 1. The Kier molecular flexibility index (Phi) is 10.8. The maximum atomic E-state index is 12.6. The van der Waals surface area contributed by atoms with Crippen LogP contribution >= 0.6 is 0 Å². The SMILES string of the molecule is CCOC(=O)C(C(=O)O)C(c1ccc(OC)c(OCC(C)(C)C)c1)C(OCC)OCC. The van der Waals surface area contributed by atoms with Gasteiger partial charge in [-0.05, 0) is 43.9 Å². The fraction of sp³-hybridized carbons (Fsp3) is 0.652. The van der Waals surface area contributed by atoms with E-state index in [0.29, 0.717) is 23.7 Å². The molecule has 0 amide bonds. The van der Waals surface area contributed by atoms with Crippen LogP contribution in [0.15, 0.2) is 18.2 Å². The molecule has 2 unspecified atom stereocenters. The highest BCUT2D eigenvalue weighted by atomic mass is 16.7. The average molecular weight is 441 g/mol. The van der Waals surface area contributed by atoms with Crippen LogP contribution in [0.25, 0.3) is 0 Å². The minimum atomic E-state index is -1.52. The molecule has 176 valence electrons. The first-order chi connectivity index (χ1) is 14.6. The van der Waals surface area contributed by atoms with Crippen molar-refractivity contribution in [2.75, 3.05) is 33.5 Å². The van der Waals surface area contributed by atoms with Gasteiger partial charge >= 0.3 is 11.9 Å². The van der Waals surface area contributed by atoms with E-state index in [1.54, 1.807) is 39.0 Å². The fourth-order valence-corrected chi connectivity index (χ4v) is 3.03. The van der Waals surface area contributed by atoms with Gasteiger partial charge in [-0.25, -0.2) is 0 Å². The second kappa shape index (κ2) is 12.5. The minimum absolute atomic E-state index is 0.0613. The molecule has 1 N–H and O–H groups in total. The number of carbonyl (C=O) groups is 2. The van der Waals surface area contributed by atoms with Crippen LogP contribution in [-0.4, -0.2) is 56.9 Å². The number of esters is 1. The Hall–Kier alpha value is -2.32. The zero-order chi connectivity index (χ0) is 23.6. The molecule has 2 atom stereocenters. The van der Waals surface area contributed by atoms with Gasteiger partial charge in [0.1, 0.15) is 0 Å². The van der Waals surface area contributed by atoms with Gasteiger partial charge in [0.15, 0.2) is 23.7 Å². The Balaban J connectivity index is 3.55. The van der Waals surface area contributed by atoms with Gasteiger partial charge in [-0.2, -0.15) is 0 Å². The number of rotatable bonds is 13. The van der Waals surface area contributed by atoms with Gasteiger partial charge in [0, 0.05) is 13.2 Å². The van der Waals surface area contributed by atoms with Crippen LogP contribution in [0.3, 0.4) is 0 Å². The van der Waals surface area contributed by atoms with Crippen LogP contribution in [0, 0.1) is 11.3 Å². The third-order valence-corrected chi connectivity index (χ3v) is 4.35. The molecule has 0 heterocycles. The van der Waals surface area contributed by atoms with Crippen LogP contribution in [0.4, 0.5) is 0 Å². The average Bonchev–Trinajstić information content (AvgIpc) is 2.69. The van der Waals surface area contributed by atoms with Crippen molar-refractivity contribution >= 4 is 11.9 Å². The second-order valence-corrected chi connectivity index (χ2v) is 8.13. The number of aliphatic carboxylic acids is 1. The lowest BCUT2D eigenvalue weighted by Gasteiger charge is -2.31. The van der Waals surface area contributed by atoms with Crippen molar-refractivity contribution in [3.05, 3.63) is 23.8 Å². The minimum Gasteiger partial charge on any atom is -0.493 e. The molecule has 0 saturated carbocycles. The van der Waals surface area contributed by atoms with Gasteiger partial charge in [-0.1, -0.05) is 26.8 Å². The quantitative estimate of drug-likeness (QED) is 0.280. The molecule has 8 nitrogen and oxygen atoms in total. The summed E-state index contributed by atoms with van der Waals surface area (Å²) in [4.78, 5) is 24.7. The summed E-state index contributed by atoms with van der Waals surface area (Å²) in [6, 6.07) is 5.04. The molecule has 0 bridgehead atoms. The van der Waals surface area contributed by atoms with E-state index in [-0.39, 0.29) is 25.2 Å². The molecule has 31 heavy (non-hydrogen) atoms. The van der Waals surface area contributed by atoms with Crippen molar-refractivity contribution in [2.45, 2.75) is 53.8 Å². The molecule has 0 aliphatic heterocycles. The number of carbonyl (C=O) groups excluding carboxylic acids is 1. The molecule has 0 spiro atoms. The number of methoxy groups -OCH3 is 1. The summed E-state index contributed by atoms with van der Waals surface area (Å²) in [5, 5.41) is 9.90. The van der Waals surface area contributed by atoms with Crippen molar-refractivity contribution in [1.82, 2.24) is 0 Å². The highest BCUT2D eigenvalue weighted by Crippen LogP contribution is 2.38. The van der Waals surface area contributed by atoms with E-state index < -0.39 is 30.1 Å². The number of ether oxygens (including phenoxy) is 5. The molecule has 0 aliphatic rings. The first-order valence-electron chi connectivity index (χ1n) is 10.5. The molecule has 0 aromatic heterocycles. The van der Waals surface area contributed by atoms with Gasteiger partial charge in [0.05, 0.1) is 26.2 Å². The standard InChI is InChI=1S/C23H36O8/c1-8-28-21(26)19(20(24)25)18(22(29-9-2)30-10-3)15-11-12-16(27-7)17(13-15)31-14-23(4,5)6/h11-13,18-19,22H,8-10,14H2,1-7H3,(H,24,25). The molecule has 0 radical (unpaired) electrons. The molecule has 0 aliphatic carbocycles. The van der Waals surface area contributed by atoms with Gasteiger partial charge in [0.25, 0.3) is 0 Å². The van der Waals surface area contributed by atoms with Crippen molar-refractivity contribution in [2.24, 2.45) is 11.3 Å². The van der Waals surface area contributed by atoms with Gasteiger partial charge in [-0.3, -0.25) is 9.59 Å².